The fraction of sp³-hybridized carbons (Fsp3) is 0.188. The molecule has 0 atom stereocenters. The smallest absolute Gasteiger partial charge is 0.228 e. The number of hydrogen-bond donors (Lipinski definition) is 2. The normalized spacial score (nSPS) is 10.1. The van der Waals surface area contributed by atoms with E-state index in [0.29, 0.717) is 5.56 Å². The Kier molecular flexibility index (Phi) is 4.25. The Balaban J connectivity index is 2.05. The van der Waals surface area contributed by atoms with E-state index < -0.39 is 0 Å². The second-order valence-electron chi connectivity index (χ2n) is 4.80. The predicted molar refractivity (Wildman–Crippen MR) is 81.2 cm³/mol. The Labute approximate surface area is 118 Å². The summed E-state index contributed by atoms with van der Waals surface area (Å²) < 4.78 is 0. The number of carbonyl (C=O) groups excluding carboxylic acids is 1. The maximum absolute atomic E-state index is 12.0. The van der Waals surface area contributed by atoms with Crippen LogP contribution in [0.4, 0.5) is 11.4 Å². The minimum absolute atomic E-state index is 0.143. The van der Waals surface area contributed by atoms with E-state index in [1.165, 1.54) is 0 Å². The molecule has 4 nitrogen and oxygen atoms in total. The van der Waals surface area contributed by atoms with E-state index in [0.717, 1.165) is 11.4 Å². The van der Waals surface area contributed by atoms with E-state index in [-0.39, 0.29) is 18.1 Å². The van der Waals surface area contributed by atoms with Crippen LogP contribution < -0.4 is 10.2 Å². The van der Waals surface area contributed by atoms with E-state index >= 15 is 0 Å². The molecule has 0 radical (unpaired) electrons. The van der Waals surface area contributed by atoms with Crippen LogP contribution in [0.3, 0.4) is 0 Å². The minimum atomic E-state index is -0.151. The second-order valence-corrected chi connectivity index (χ2v) is 4.80. The highest BCUT2D eigenvalue weighted by Crippen LogP contribution is 2.19. The number of carbonyl (C=O) groups is 1. The molecule has 0 aliphatic heterocycles. The van der Waals surface area contributed by atoms with Crippen LogP contribution >= 0.6 is 0 Å². The number of amides is 1. The average molecular weight is 270 g/mol. The number of nitrogens with zero attached hydrogens (tertiary/aromatic N) is 1. The maximum Gasteiger partial charge on any atom is 0.228 e. The van der Waals surface area contributed by atoms with Gasteiger partial charge in [-0.05, 0) is 24.3 Å². The Bertz CT molecular complexity index is 609. The van der Waals surface area contributed by atoms with Crippen molar-refractivity contribution in [1.29, 1.82) is 0 Å². The van der Waals surface area contributed by atoms with E-state index in [9.17, 15) is 9.90 Å². The largest absolute Gasteiger partial charge is 0.508 e. The highest BCUT2D eigenvalue weighted by molar-refractivity contribution is 5.93. The summed E-state index contributed by atoms with van der Waals surface area (Å²) in [4.78, 5) is 14.0. The van der Waals surface area contributed by atoms with Gasteiger partial charge in [-0.2, -0.15) is 0 Å². The molecule has 2 aromatic carbocycles. The number of hydrogen-bond acceptors (Lipinski definition) is 3. The fourth-order valence-corrected chi connectivity index (χ4v) is 1.90. The molecule has 0 saturated carbocycles. The number of benzene rings is 2. The summed E-state index contributed by atoms with van der Waals surface area (Å²) >= 11 is 0. The summed E-state index contributed by atoms with van der Waals surface area (Å²) in [6, 6.07) is 14.5. The van der Waals surface area contributed by atoms with Crippen molar-refractivity contribution >= 4 is 17.3 Å². The van der Waals surface area contributed by atoms with Crippen LogP contribution in [0.25, 0.3) is 0 Å². The van der Waals surface area contributed by atoms with Crippen molar-refractivity contribution < 1.29 is 9.90 Å². The van der Waals surface area contributed by atoms with Crippen molar-refractivity contribution in [3.8, 4) is 5.75 Å². The molecule has 104 valence electrons. The quantitative estimate of drug-likeness (QED) is 0.898. The Morgan fingerprint density at radius 3 is 2.60 bits per heavy atom. The molecule has 1 amide bonds. The summed E-state index contributed by atoms with van der Waals surface area (Å²) in [5, 5.41) is 12.5. The molecule has 4 heteroatoms. The second kappa shape index (κ2) is 6.10. The molecule has 0 aliphatic carbocycles. The number of phenols is 1. The first-order chi connectivity index (χ1) is 9.56. The van der Waals surface area contributed by atoms with Crippen LogP contribution in [-0.4, -0.2) is 25.1 Å². The molecule has 0 unspecified atom stereocenters. The monoisotopic (exact) mass is 270 g/mol. The highest BCUT2D eigenvalue weighted by Gasteiger charge is 2.08. The zero-order valence-corrected chi connectivity index (χ0v) is 11.6. The summed E-state index contributed by atoms with van der Waals surface area (Å²) in [5.41, 5.74) is 2.38. The molecule has 0 aliphatic rings. The number of rotatable bonds is 4. The molecule has 0 fully saturated rings. The van der Waals surface area contributed by atoms with Crippen molar-refractivity contribution in [2.24, 2.45) is 0 Å². The predicted octanol–water partition coefficient (Wildman–Crippen LogP) is 2.64. The van der Waals surface area contributed by atoms with Gasteiger partial charge in [0.15, 0.2) is 0 Å². The molecule has 2 rings (SSSR count). The van der Waals surface area contributed by atoms with E-state index in [2.05, 4.69) is 5.32 Å². The zero-order valence-electron chi connectivity index (χ0n) is 11.6. The zero-order chi connectivity index (χ0) is 14.5. The summed E-state index contributed by atoms with van der Waals surface area (Å²) in [6.45, 7) is 0. The van der Waals surface area contributed by atoms with Gasteiger partial charge in [0, 0.05) is 31.0 Å². The molecule has 0 aromatic heterocycles. The number of phenolic OH excluding ortho intramolecular Hbond substituents is 1. The Hall–Kier alpha value is -2.49. The first kappa shape index (κ1) is 13.9. The van der Waals surface area contributed by atoms with Crippen molar-refractivity contribution in [3.05, 3.63) is 54.1 Å². The Morgan fingerprint density at radius 1 is 1.15 bits per heavy atom. The van der Waals surface area contributed by atoms with Gasteiger partial charge in [0.05, 0.1) is 6.42 Å². The van der Waals surface area contributed by atoms with Gasteiger partial charge in [-0.3, -0.25) is 4.79 Å². The van der Waals surface area contributed by atoms with Crippen molar-refractivity contribution in [2.45, 2.75) is 6.42 Å². The minimum Gasteiger partial charge on any atom is -0.508 e. The van der Waals surface area contributed by atoms with Gasteiger partial charge >= 0.3 is 0 Å². The van der Waals surface area contributed by atoms with Crippen molar-refractivity contribution in [3.63, 3.8) is 0 Å². The maximum atomic E-state index is 12.0. The number of aromatic hydroxyl groups is 1. The number of anilines is 2. The third kappa shape index (κ3) is 3.51. The third-order valence-corrected chi connectivity index (χ3v) is 2.99. The van der Waals surface area contributed by atoms with Crippen LogP contribution in [0.1, 0.15) is 5.56 Å². The van der Waals surface area contributed by atoms with Gasteiger partial charge in [0.1, 0.15) is 5.75 Å². The van der Waals surface area contributed by atoms with Gasteiger partial charge in [-0.15, -0.1) is 0 Å². The third-order valence-electron chi connectivity index (χ3n) is 2.99. The van der Waals surface area contributed by atoms with Crippen molar-refractivity contribution in [2.75, 3.05) is 24.3 Å². The van der Waals surface area contributed by atoms with E-state index in [1.54, 1.807) is 24.3 Å². The lowest BCUT2D eigenvalue weighted by Gasteiger charge is -2.14. The topological polar surface area (TPSA) is 52.6 Å². The standard InChI is InChI=1S/C16H18N2O2/c1-18(2)14-8-5-7-13(11-14)17-16(20)10-12-6-3-4-9-15(12)19/h3-9,11,19H,10H2,1-2H3,(H,17,20). The van der Waals surface area contributed by atoms with Gasteiger partial charge in [-0.25, -0.2) is 0 Å². The first-order valence-electron chi connectivity index (χ1n) is 6.40. The van der Waals surface area contributed by atoms with Crippen LogP contribution in [0.2, 0.25) is 0 Å². The molecule has 20 heavy (non-hydrogen) atoms. The highest BCUT2D eigenvalue weighted by atomic mass is 16.3. The molecular weight excluding hydrogens is 252 g/mol. The summed E-state index contributed by atoms with van der Waals surface area (Å²) in [5.74, 6) is -0.00732. The van der Waals surface area contributed by atoms with Crippen LogP contribution in [0.15, 0.2) is 48.5 Å². The lowest BCUT2D eigenvalue weighted by molar-refractivity contribution is -0.115. The molecule has 0 spiro atoms. The molecule has 0 bridgehead atoms. The van der Waals surface area contributed by atoms with E-state index in [1.807, 2.05) is 43.3 Å². The van der Waals surface area contributed by atoms with Gasteiger partial charge in [0.25, 0.3) is 0 Å². The SMILES string of the molecule is CN(C)c1cccc(NC(=O)Cc2ccccc2O)c1. The van der Waals surface area contributed by atoms with Crippen LogP contribution in [0, 0.1) is 0 Å². The van der Waals surface area contributed by atoms with Gasteiger partial charge in [0.2, 0.25) is 5.91 Å². The van der Waals surface area contributed by atoms with Crippen molar-refractivity contribution in [1.82, 2.24) is 0 Å². The summed E-state index contributed by atoms with van der Waals surface area (Å²) in [7, 11) is 3.89. The van der Waals surface area contributed by atoms with Gasteiger partial charge < -0.3 is 15.3 Å². The molecule has 2 aromatic rings. The number of para-hydroxylation sites is 1. The molecular formula is C16H18N2O2. The lowest BCUT2D eigenvalue weighted by atomic mass is 10.1. The number of nitrogens with one attached hydrogen (secondary N) is 1. The molecule has 0 heterocycles. The van der Waals surface area contributed by atoms with E-state index in [4.69, 9.17) is 0 Å². The van der Waals surface area contributed by atoms with Crippen LogP contribution in [-0.2, 0) is 11.2 Å². The lowest BCUT2D eigenvalue weighted by Crippen LogP contribution is -2.15. The Morgan fingerprint density at radius 2 is 1.90 bits per heavy atom. The molecule has 2 N–H and O–H groups in total. The first-order valence-corrected chi connectivity index (χ1v) is 6.40. The molecule has 0 saturated heterocycles. The summed E-state index contributed by atoms with van der Waals surface area (Å²) in [6.07, 6.45) is 0.152. The fourth-order valence-electron chi connectivity index (χ4n) is 1.90. The average Bonchev–Trinajstić information content (AvgIpc) is 2.41. The van der Waals surface area contributed by atoms with Crippen LogP contribution in [0.5, 0.6) is 5.75 Å². The van der Waals surface area contributed by atoms with Gasteiger partial charge in [-0.1, -0.05) is 24.3 Å².